The largest absolute Gasteiger partial charge is 0.358 e. The number of ether oxygens (including phenoxy) is 5. The summed E-state index contributed by atoms with van der Waals surface area (Å²) in [5.41, 5.74) is 2.17. The van der Waals surface area contributed by atoms with Gasteiger partial charge in [-0.1, -0.05) is 12.1 Å². The minimum absolute atomic E-state index is 0.216. The van der Waals surface area contributed by atoms with Gasteiger partial charge in [0.2, 0.25) is 5.91 Å². The molecular weight excluding hydrogens is 474 g/mol. The number of anilines is 1. The third-order valence-corrected chi connectivity index (χ3v) is 7.68. The Hall–Kier alpha value is -1.75. The molecule has 206 valence electrons. The first-order valence-electron chi connectivity index (χ1n) is 13.7. The molecule has 9 nitrogen and oxygen atoms in total. The molecule has 37 heavy (non-hydrogen) atoms. The maximum Gasteiger partial charge on any atom is 0.222 e. The van der Waals surface area contributed by atoms with Gasteiger partial charge in [0.1, 0.15) is 24.4 Å². The second-order valence-electron chi connectivity index (χ2n) is 11.7. The molecule has 1 amide bonds. The van der Waals surface area contributed by atoms with Crippen LogP contribution in [0.2, 0.25) is 0 Å². The molecule has 0 spiro atoms. The Bertz CT molecular complexity index is 938. The van der Waals surface area contributed by atoms with Gasteiger partial charge in [0, 0.05) is 31.7 Å². The third kappa shape index (κ3) is 6.46. The first-order chi connectivity index (χ1) is 17.6. The number of benzene rings is 1. The smallest absolute Gasteiger partial charge is 0.222 e. The van der Waals surface area contributed by atoms with E-state index in [4.69, 9.17) is 23.7 Å². The lowest BCUT2D eigenvalue weighted by Crippen LogP contribution is -2.40. The molecule has 0 aromatic heterocycles. The molecule has 1 N–H and O–H groups in total. The number of fused-ring (bicyclic) bond motifs is 1. The van der Waals surface area contributed by atoms with Gasteiger partial charge in [-0.15, -0.1) is 0 Å². The van der Waals surface area contributed by atoms with Gasteiger partial charge in [-0.25, -0.2) is 0 Å². The van der Waals surface area contributed by atoms with Crippen molar-refractivity contribution < 1.29 is 28.5 Å². The Morgan fingerprint density at radius 3 is 2.43 bits per heavy atom. The summed E-state index contributed by atoms with van der Waals surface area (Å²) in [5.74, 6) is -1.04. The minimum atomic E-state index is -0.684. The minimum Gasteiger partial charge on any atom is -0.358 e. The average molecular weight is 518 g/mol. The van der Waals surface area contributed by atoms with Crippen LogP contribution in [0.15, 0.2) is 24.3 Å². The van der Waals surface area contributed by atoms with Gasteiger partial charge in [0.05, 0.1) is 6.61 Å². The second-order valence-corrected chi connectivity index (χ2v) is 11.7. The summed E-state index contributed by atoms with van der Waals surface area (Å²) < 4.78 is 30.7. The summed E-state index contributed by atoms with van der Waals surface area (Å²) in [5, 5.41) is 3.49. The second kappa shape index (κ2) is 10.8. The highest BCUT2D eigenvalue weighted by atomic mass is 16.8. The van der Waals surface area contributed by atoms with E-state index < -0.39 is 11.6 Å². The molecule has 5 atom stereocenters. The number of rotatable bonds is 7. The maximum atomic E-state index is 12.6. The topological polar surface area (TPSA) is 81.7 Å². The molecule has 9 heteroatoms. The Labute approximate surface area is 220 Å². The van der Waals surface area contributed by atoms with E-state index in [0.29, 0.717) is 13.0 Å². The van der Waals surface area contributed by atoms with Gasteiger partial charge in [-0.05, 0) is 78.2 Å². The van der Waals surface area contributed by atoms with Gasteiger partial charge in [-0.2, -0.15) is 0 Å². The van der Waals surface area contributed by atoms with Crippen molar-refractivity contribution in [3.63, 3.8) is 0 Å². The van der Waals surface area contributed by atoms with Crippen LogP contribution in [0.5, 0.6) is 0 Å². The molecule has 1 aromatic rings. The Morgan fingerprint density at radius 1 is 0.946 bits per heavy atom. The highest BCUT2D eigenvalue weighted by Crippen LogP contribution is 2.42. The molecule has 4 aliphatic rings. The van der Waals surface area contributed by atoms with Crippen molar-refractivity contribution in [2.75, 3.05) is 45.2 Å². The zero-order valence-corrected chi connectivity index (χ0v) is 22.9. The third-order valence-electron chi connectivity index (χ3n) is 7.68. The monoisotopic (exact) mass is 517 g/mol. The van der Waals surface area contributed by atoms with Crippen LogP contribution in [-0.4, -0.2) is 97.8 Å². The van der Waals surface area contributed by atoms with E-state index >= 15 is 0 Å². The van der Waals surface area contributed by atoms with E-state index in [2.05, 4.69) is 41.5 Å². The van der Waals surface area contributed by atoms with Gasteiger partial charge < -0.3 is 38.8 Å². The Balaban J connectivity index is 1.13. The summed E-state index contributed by atoms with van der Waals surface area (Å²) in [6.45, 7) is 11.9. The fourth-order valence-electron chi connectivity index (χ4n) is 5.75. The normalized spacial score (nSPS) is 33.3. The Kier molecular flexibility index (Phi) is 7.82. The standard InChI is InChI=1S/C28H43N3O6/c1-27(2)33-18-21(35-27)23-24-25(37-28(3,4)36-24)26(34-23)29-20-12-10-19(11-13-20)8-6-9-22(32)31-15-7-14-30(5)16-17-31/h10-13,21,23-26,29H,6-9,14-18H2,1-5H3/t21?,23?,24-,25-,26?/m0/s1. The lowest BCUT2D eigenvalue weighted by molar-refractivity contribution is -0.203. The maximum absolute atomic E-state index is 12.6. The van der Waals surface area contributed by atoms with Crippen LogP contribution in [0, 0.1) is 0 Å². The number of nitrogens with zero attached hydrogens (tertiary/aromatic N) is 2. The van der Waals surface area contributed by atoms with Crippen molar-refractivity contribution in [2.45, 2.75) is 95.6 Å². The molecule has 0 radical (unpaired) electrons. The summed E-state index contributed by atoms with van der Waals surface area (Å²) in [6, 6.07) is 8.35. The number of carbonyl (C=O) groups excluding carboxylic acids is 1. The van der Waals surface area contributed by atoms with Crippen molar-refractivity contribution in [1.82, 2.24) is 9.80 Å². The lowest BCUT2D eigenvalue weighted by Gasteiger charge is -2.27. The fourth-order valence-corrected chi connectivity index (χ4v) is 5.75. The molecule has 0 bridgehead atoms. The molecule has 4 heterocycles. The highest BCUT2D eigenvalue weighted by Gasteiger charge is 2.59. The van der Waals surface area contributed by atoms with Crippen LogP contribution in [0.25, 0.3) is 0 Å². The van der Waals surface area contributed by atoms with Gasteiger partial charge >= 0.3 is 0 Å². The molecule has 4 aliphatic heterocycles. The number of hydrogen-bond acceptors (Lipinski definition) is 8. The number of nitrogens with one attached hydrogen (secondary N) is 1. The van der Waals surface area contributed by atoms with Crippen molar-refractivity contribution in [2.24, 2.45) is 0 Å². The van der Waals surface area contributed by atoms with E-state index in [1.165, 1.54) is 5.56 Å². The first-order valence-corrected chi connectivity index (χ1v) is 13.7. The molecule has 0 aliphatic carbocycles. The van der Waals surface area contributed by atoms with E-state index in [1.54, 1.807) is 0 Å². The van der Waals surface area contributed by atoms with Crippen molar-refractivity contribution in [3.8, 4) is 0 Å². The van der Waals surface area contributed by atoms with Crippen molar-refractivity contribution in [1.29, 1.82) is 0 Å². The van der Waals surface area contributed by atoms with Crippen LogP contribution >= 0.6 is 0 Å². The van der Waals surface area contributed by atoms with Crippen molar-refractivity contribution >= 4 is 11.6 Å². The van der Waals surface area contributed by atoms with E-state index in [1.807, 2.05) is 32.6 Å². The molecule has 5 rings (SSSR count). The summed E-state index contributed by atoms with van der Waals surface area (Å²) in [7, 11) is 2.12. The number of likely N-dealkylation sites (N-methyl/N-ethyl adjacent to an activating group) is 1. The lowest BCUT2D eigenvalue weighted by atomic mass is 10.1. The molecule has 0 saturated carbocycles. The zero-order valence-electron chi connectivity index (χ0n) is 22.9. The van der Waals surface area contributed by atoms with Gasteiger partial charge in [0.25, 0.3) is 0 Å². The van der Waals surface area contributed by atoms with Gasteiger partial charge in [0.15, 0.2) is 17.8 Å². The molecular formula is C28H43N3O6. The summed E-state index contributed by atoms with van der Waals surface area (Å²) in [4.78, 5) is 17.0. The van der Waals surface area contributed by atoms with E-state index in [9.17, 15) is 4.79 Å². The number of aryl methyl sites for hydroxylation is 1. The van der Waals surface area contributed by atoms with Crippen LogP contribution < -0.4 is 5.32 Å². The Morgan fingerprint density at radius 2 is 1.70 bits per heavy atom. The van der Waals surface area contributed by atoms with E-state index in [-0.39, 0.29) is 36.6 Å². The predicted octanol–water partition coefficient (Wildman–Crippen LogP) is 2.98. The molecule has 4 saturated heterocycles. The van der Waals surface area contributed by atoms with Crippen LogP contribution in [0.3, 0.4) is 0 Å². The number of carbonyl (C=O) groups is 1. The number of amides is 1. The van der Waals surface area contributed by atoms with Crippen LogP contribution in [-0.2, 0) is 34.9 Å². The van der Waals surface area contributed by atoms with E-state index in [0.717, 1.165) is 51.1 Å². The SMILES string of the molecule is CN1CCCN(C(=O)CCCc2ccc(NC3OC(C4COC(C)(C)O4)[C@@H]4OC(C)(C)O[C@H]34)cc2)CC1. The summed E-state index contributed by atoms with van der Waals surface area (Å²) in [6.07, 6.45) is 2.04. The van der Waals surface area contributed by atoms with Gasteiger partial charge in [-0.3, -0.25) is 4.79 Å². The zero-order chi connectivity index (χ0) is 26.2. The average Bonchev–Trinajstić information content (AvgIpc) is 3.39. The predicted molar refractivity (Wildman–Crippen MR) is 139 cm³/mol. The van der Waals surface area contributed by atoms with Crippen LogP contribution in [0.1, 0.15) is 52.5 Å². The fraction of sp³-hybridized carbons (Fsp3) is 0.750. The molecule has 4 fully saturated rings. The summed E-state index contributed by atoms with van der Waals surface area (Å²) >= 11 is 0. The molecule has 1 aromatic carbocycles. The van der Waals surface area contributed by atoms with Crippen LogP contribution in [0.4, 0.5) is 5.69 Å². The first kappa shape index (κ1) is 26.8. The number of hydrogen-bond donors (Lipinski definition) is 1. The quantitative estimate of drug-likeness (QED) is 0.591. The highest BCUT2D eigenvalue weighted by molar-refractivity contribution is 5.76. The molecule has 3 unspecified atom stereocenters. The van der Waals surface area contributed by atoms with Crippen molar-refractivity contribution in [3.05, 3.63) is 29.8 Å².